The number of hydrogen-bond acceptors (Lipinski definition) is 2. The molecule has 3 aromatic rings. The highest BCUT2D eigenvalue weighted by Crippen LogP contribution is 2.54. The number of carbonyl (C=O) groups is 2. The largest absolute Gasteiger partial charge is 0.353 e. The third-order valence-electron chi connectivity index (χ3n) is 7.01. The van der Waals surface area contributed by atoms with Crippen LogP contribution in [0, 0.1) is 12.3 Å². The van der Waals surface area contributed by atoms with Crippen LogP contribution >= 0.6 is 7.26 Å². The summed E-state index contributed by atoms with van der Waals surface area (Å²) in [6.45, 7) is 1.03. The van der Waals surface area contributed by atoms with Crippen LogP contribution in [0.1, 0.15) is 57.8 Å². The number of amides is 2. The van der Waals surface area contributed by atoms with Gasteiger partial charge in [-0.25, -0.2) is 0 Å². The van der Waals surface area contributed by atoms with E-state index in [1.807, 2.05) is 18.2 Å². The summed E-state index contributed by atoms with van der Waals surface area (Å²) >= 11 is 0. The first-order chi connectivity index (χ1) is 19.2. The third kappa shape index (κ3) is 9.68. The molecular formula is C34H42N2O2P+. The van der Waals surface area contributed by atoms with Crippen LogP contribution in [-0.2, 0) is 9.59 Å². The highest BCUT2D eigenvalue weighted by molar-refractivity contribution is 7.96. The quantitative estimate of drug-likeness (QED) is 0.137. The Morgan fingerprint density at radius 3 is 1.49 bits per heavy atom. The minimum Gasteiger partial charge on any atom is -0.353 e. The fraction of sp³-hybridized carbons (Fsp3) is 0.353. The van der Waals surface area contributed by atoms with Gasteiger partial charge >= 0.3 is 0 Å². The number of unbranched alkanes of at least 4 members (excludes halogenated alkanes) is 7. The molecule has 3 rings (SSSR count). The molecule has 204 valence electrons. The Bertz CT molecular complexity index is 1060. The van der Waals surface area contributed by atoms with E-state index in [-0.39, 0.29) is 11.8 Å². The van der Waals surface area contributed by atoms with Crippen molar-refractivity contribution in [3.63, 3.8) is 0 Å². The van der Waals surface area contributed by atoms with E-state index in [1.165, 1.54) is 35.2 Å². The average Bonchev–Trinajstić information content (AvgIpc) is 2.99. The van der Waals surface area contributed by atoms with Crippen LogP contribution in [0.2, 0.25) is 0 Å². The van der Waals surface area contributed by atoms with Crippen molar-refractivity contribution in [2.45, 2.75) is 57.8 Å². The van der Waals surface area contributed by atoms with Crippen LogP contribution in [0.15, 0.2) is 91.0 Å². The first-order valence-corrected chi connectivity index (χ1v) is 16.2. The van der Waals surface area contributed by atoms with E-state index < -0.39 is 7.26 Å². The molecule has 4 nitrogen and oxygen atoms in total. The van der Waals surface area contributed by atoms with Crippen molar-refractivity contribution in [2.75, 3.05) is 19.3 Å². The van der Waals surface area contributed by atoms with Gasteiger partial charge in [0.15, 0.2) is 6.16 Å². The summed E-state index contributed by atoms with van der Waals surface area (Å²) in [6, 6.07) is 31.6. The van der Waals surface area contributed by atoms with Gasteiger partial charge in [0.25, 0.3) is 5.91 Å². The maximum atomic E-state index is 13.4. The lowest BCUT2D eigenvalue weighted by atomic mass is 10.1. The molecule has 0 fully saturated rings. The second kappa shape index (κ2) is 17.2. The maximum absolute atomic E-state index is 13.4. The molecule has 2 N–H and O–H groups in total. The molecule has 39 heavy (non-hydrogen) atoms. The van der Waals surface area contributed by atoms with E-state index in [0.717, 1.165) is 32.1 Å². The SMILES string of the molecule is C#CCNC(=O)CCCCCCCCCCNC(=O)C[P+](c1ccccc1)(c1ccccc1)c1ccccc1. The van der Waals surface area contributed by atoms with Gasteiger partial charge in [0.1, 0.15) is 23.2 Å². The molecule has 0 atom stereocenters. The van der Waals surface area contributed by atoms with Crippen molar-refractivity contribution >= 4 is 35.0 Å². The summed E-state index contributed by atoms with van der Waals surface area (Å²) in [5.41, 5.74) is 0. The van der Waals surface area contributed by atoms with Gasteiger partial charge in [-0.05, 0) is 49.2 Å². The lowest BCUT2D eigenvalue weighted by Crippen LogP contribution is -2.39. The van der Waals surface area contributed by atoms with E-state index in [4.69, 9.17) is 6.42 Å². The highest BCUT2D eigenvalue weighted by atomic mass is 31.2. The van der Waals surface area contributed by atoms with Gasteiger partial charge in [-0.3, -0.25) is 9.59 Å². The maximum Gasteiger partial charge on any atom is 0.258 e. The summed E-state index contributed by atoms with van der Waals surface area (Å²) in [5.74, 6) is 2.58. The highest BCUT2D eigenvalue weighted by Gasteiger charge is 2.47. The molecule has 0 saturated heterocycles. The molecule has 0 spiro atoms. The molecule has 0 bridgehead atoms. The second-order valence-corrected chi connectivity index (χ2v) is 13.4. The lowest BCUT2D eigenvalue weighted by Gasteiger charge is -2.27. The topological polar surface area (TPSA) is 58.2 Å². The van der Waals surface area contributed by atoms with Crippen molar-refractivity contribution in [1.82, 2.24) is 10.6 Å². The Labute approximate surface area is 235 Å². The van der Waals surface area contributed by atoms with Crippen LogP contribution < -0.4 is 26.5 Å². The van der Waals surface area contributed by atoms with Crippen LogP contribution in [0.25, 0.3) is 0 Å². The smallest absolute Gasteiger partial charge is 0.258 e. The number of carbonyl (C=O) groups excluding carboxylic acids is 2. The Morgan fingerprint density at radius 1 is 0.590 bits per heavy atom. The standard InChI is InChI=1S/C34H41N2O2P/c1-2-27-35-33(37)26-18-7-5-3-4-6-8-19-28-36-34(38)29-39(30-20-12-9-13-21-30,31-22-14-10-15-23-31)32-24-16-11-17-25-32/h1,9-17,20-25H,3-8,18-19,26-29H2,(H-,35,36,37,38)/p+1. The fourth-order valence-corrected chi connectivity index (χ4v) is 9.00. The molecule has 0 heterocycles. The Morgan fingerprint density at radius 2 is 1.03 bits per heavy atom. The zero-order valence-electron chi connectivity index (χ0n) is 23.0. The molecule has 2 amide bonds. The molecule has 0 unspecified atom stereocenters. The predicted molar refractivity (Wildman–Crippen MR) is 166 cm³/mol. The van der Waals surface area contributed by atoms with Crippen LogP contribution in [0.3, 0.4) is 0 Å². The van der Waals surface area contributed by atoms with Gasteiger partial charge in [-0.1, -0.05) is 99.0 Å². The van der Waals surface area contributed by atoms with Gasteiger partial charge in [0, 0.05) is 13.0 Å². The van der Waals surface area contributed by atoms with E-state index >= 15 is 0 Å². The fourth-order valence-electron chi connectivity index (χ4n) is 4.98. The molecule has 3 aromatic carbocycles. The summed E-state index contributed by atoms with van der Waals surface area (Å²) < 4.78 is 0. The van der Waals surface area contributed by atoms with Crippen molar-refractivity contribution in [3.8, 4) is 12.3 Å². The average molecular weight is 542 g/mol. The molecule has 5 heteroatoms. The van der Waals surface area contributed by atoms with Crippen molar-refractivity contribution in [2.24, 2.45) is 0 Å². The number of rotatable bonds is 17. The third-order valence-corrected chi connectivity index (χ3v) is 11.3. The van der Waals surface area contributed by atoms with Gasteiger partial charge in [-0.15, -0.1) is 6.42 Å². The van der Waals surface area contributed by atoms with Crippen LogP contribution in [-0.4, -0.2) is 31.1 Å². The minimum absolute atomic E-state index is 0.0469. The number of terminal acetylenes is 1. The van der Waals surface area contributed by atoms with E-state index in [2.05, 4.69) is 89.4 Å². The Balaban J connectivity index is 1.46. The van der Waals surface area contributed by atoms with E-state index in [0.29, 0.717) is 25.7 Å². The molecule has 0 aliphatic heterocycles. The first kappa shape index (κ1) is 30.1. The number of hydrogen-bond donors (Lipinski definition) is 2. The van der Waals surface area contributed by atoms with Crippen molar-refractivity contribution in [1.29, 1.82) is 0 Å². The summed E-state index contributed by atoms with van der Waals surface area (Å²) in [5, 5.41) is 9.62. The van der Waals surface area contributed by atoms with Crippen molar-refractivity contribution < 1.29 is 9.59 Å². The lowest BCUT2D eigenvalue weighted by molar-refractivity contribution is -0.121. The Hall–Kier alpha value is -3.41. The number of benzene rings is 3. The molecule has 0 radical (unpaired) electrons. The molecule has 0 aliphatic carbocycles. The predicted octanol–water partition coefficient (Wildman–Crippen LogP) is 5.36. The normalized spacial score (nSPS) is 10.9. The molecule has 0 saturated carbocycles. The monoisotopic (exact) mass is 541 g/mol. The minimum atomic E-state index is -2.15. The summed E-state index contributed by atoms with van der Waals surface area (Å²) in [4.78, 5) is 24.9. The zero-order valence-corrected chi connectivity index (χ0v) is 23.9. The number of nitrogens with one attached hydrogen (secondary N) is 2. The summed E-state index contributed by atoms with van der Waals surface area (Å²) in [7, 11) is -2.15. The van der Waals surface area contributed by atoms with Crippen LogP contribution in [0.5, 0.6) is 0 Å². The summed E-state index contributed by atoms with van der Waals surface area (Å²) in [6.07, 6.45) is 15.0. The first-order valence-electron chi connectivity index (χ1n) is 14.2. The Kier molecular flexibility index (Phi) is 13.3. The molecule has 0 aliphatic rings. The second-order valence-electron chi connectivity index (χ2n) is 9.88. The van der Waals surface area contributed by atoms with Gasteiger partial charge < -0.3 is 10.6 Å². The molecule has 0 aromatic heterocycles. The molecular weight excluding hydrogens is 499 g/mol. The van der Waals surface area contributed by atoms with Crippen LogP contribution in [0.4, 0.5) is 0 Å². The zero-order chi connectivity index (χ0) is 27.6. The van der Waals surface area contributed by atoms with Crippen molar-refractivity contribution in [3.05, 3.63) is 91.0 Å². The van der Waals surface area contributed by atoms with E-state index in [9.17, 15) is 9.59 Å². The van der Waals surface area contributed by atoms with E-state index in [1.54, 1.807) is 0 Å². The van der Waals surface area contributed by atoms with Gasteiger partial charge in [0.05, 0.1) is 6.54 Å². The van der Waals surface area contributed by atoms with Gasteiger partial charge in [-0.2, -0.15) is 0 Å². The van der Waals surface area contributed by atoms with Gasteiger partial charge in [0.2, 0.25) is 5.91 Å².